The highest BCUT2D eigenvalue weighted by atomic mass is 16.6. The number of rotatable bonds is 8. The predicted octanol–water partition coefficient (Wildman–Crippen LogP) is 6.08. The lowest BCUT2D eigenvalue weighted by Gasteiger charge is -2.37. The number of ether oxygens (including phenoxy) is 2. The van der Waals surface area contributed by atoms with Crippen molar-refractivity contribution in [2.45, 2.75) is 79.1 Å². The van der Waals surface area contributed by atoms with Crippen LogP contribution in [0, 0.1) is 15.5 Å². The number of hydrogen-bond acceptors (Lipinski definition) is 7. The van der Waals surface area contributed by atoms with Gasteiger partial charge < -0.3 is 14.8 Å². The van der Waals surface area contributed by atoms with Crippen LogP contribution in [0.2, 0.25) is 0 Å². The molecular weight excluding hydrogens is 422 g/mol. The van der Waals surface area contributed by atoms with E-state index in [9.17, 15) is 14.9 Å². The van der Waals surface area contributed by atoms with E-state index in [1.54, 1.807) is 52.1 Å². The van der Waals surface area contributed by atoms with Crippen LogP contribution in [0.15, 0.2) is 42.6 Å². The van der Waals surface area contributed by atoms with Crippen molar-refractivity contribution in [3.8, 4) is 5.75 Å². The highest BCUT2D eigenvalue weighted by Crippen LogP contribution is 2.41. The van der Waals surface area contributed by atoms with Gasteiger partial charge in [-0.25, -0.2) is 4.79 Å². The number of esters is 1. The van der Waals surface area contributed by atoms with Crippen LogP contribution in [0.1, 0.15) is 73.6 Å². The van der Waals surface area contributed by atoms with Crippen LogP contribution in [0.5, 0.6) is 5.75 Å². The van der Waals surface area contributed by atoms with Crippen molar-refractivity contribution in [2.24, 2.45) is 5.41 Å². The molecule has 2 atom stereocenters. The minimum absolute atomic E-state index is 0.128. The average Bonchev–Trinajstić information content (AvgIpc) is 2.67. The third-order valence-corrected chi connectivity index (χ3v) is 4.74. The van der Waals surface area contributed by atoms with E-state index in [0.717, 1.165) is 0 Å². The number of hydrogen-bond donors (Lipinski definition) is 1. The van der Waals surface area contributed by atoms with Gasteiger partial charge in [0.05, 0.1) is 10.6 Å². The van der Waals surface area contributed by atoms with Gasteiger partial charge in [-0.2, -0.15) is 0 Å². The number of carbonyl (C=O) groups is 1. The molecule has 0 fully saturated rings. The summed E-state index contributed by atoms with van der Waals surface area (Å²) in [6, 6.07) is 10.0. The zero-order valence-corrected chi connectivity index (χ0v) is 20.8. The van der Waals surface area contributed by atoms with Crippen molar-refractivity contribution in [1.29, 1.82) is 0 Å². The first-order valence-electron chi connectivity index (χ1n) is 11.0. The Bertz CT molecular complexity index is 980. The molecule has 1 aromatic heterocycles. The number of benzene rings is 1. The van der Waals surface area contributed by atoms with Crippen molar-refractivity contribution in [2.75, 3.05) is 5.32 Å². The maximum Gasteiger partial charge on any atom is 0.332 e. The Morgan fingerprint density at radius 3 is 2.27 bits per heavy atom. The minimum atomic E-state index is -1.25. The van der Waals surface area contributed by atoms with Crippen molar-refractivity contribution in [1.82, 2.24) is 4.98 Å². The quantitative estimate of drug-likeness (QED) is 0.291. The van der Waals surface area contributed by atoms with Crippen molar-refractivity contribution in [3.05, 3.63) is 58.4 Å². The standard InChI is InChI=1S/C25H35N3O5/c1-17(18-12-9-10-15-26-18)32-20-14-11-13-19(28(30)31)21(20)27-25(8,16-23(2,3)4)22(29)33-24(5,6)7/h9-15,17,27H,16H2,1-8H3/t17-,25-/m1/s1. The molecule has 0 amide bonds. The number of carbonyl (C=O) groups excluding carboxylic acids is 1. The number of aromatic nitrogens is 1. The van der Waals surface area contributed by atoms with E-state index in [0.29, 0.717) is 12.1 Å². The van der Waals surface area contributed by atoms with Crippen LogP contribution in [-0.4, -0.2) is 27.0 Å². The first-order valence-corrected chi connectivity index (χ1v) is 11.0. The lowest BCUT2D eigenvalue weighted by atomic mass is 9.80. The normalized spacial score (nSPS) is 14.7. The zero-order valence-electron chi connectivity index (χ0n) is 20.8. The van der Waals surface area contributed by atoms with Gasteiger partial charge in [0.15, 0.2) is 11.4 Å². The van der Waals surface area contributed by atoms with Gasteiger partial charge in [0.25, 0.3) is 5.69 Å². The molecule has 1 aromatic carbocycles. The Labute approximate surface area is 195 Å². The summed E-state index contributed by atoms with van der Waals surface area (Å²) in [4.78, 5) is 29.0. The van der Waals surface area contributed by atoms with Gasteiger partial charge in [-0.1, -0.05) is 32.9 Å². The highest BCUT2D eigenvalue weighted by molar-refractivity contribution is 5.87. The SMILES string of the molecule is C[C@@H](Oc1cccc([N+](=O)[O-])c1N[C@](C)(CC(C)(C)C)C(=O)OC(C)(C)C)c1ccccn1. The highest BCUT2D eigenvalue weighted by Gasteiger charge is 2.42. The Balaban J connectivity index is 2.53. The van der Waals surface area contributed by atoms with Crippen molar-refractivity contribution < 1.29 is 19.2 Å². The van der Waals surface area contributed by atoms with Crippen LogP contribution in [-0.2, 0) is 9.53 Å². The summed E-state index contributed by atoms with van der Waals surface area (Å²) in [5.74, 6) is -0.238. The van der Waals surface area contributed by atoms with Gasteiger partial charge in [0.1, 0.15) is 17.2 Å². The van der Waals surface area contributed by atoms with Gasteiger partial charge in [-0.15, -0.1) is 0 Å². The number of nitrogens with one attached hydrogen (secondary N) is 1. The average molecular weight is 458 g/mol. The van der Waals surface area contributed by atoms with Gasteiger partial charge in [0, 0.05) is 12.3 Å². The molecule has 2 rings (SSSR count). The molecule has 180 valence electrons. The smallest absolute Gasteiger partial charge is 0.332 e. The molecule has 0 radical (unpaired) electrons. The molecule has 8 nitrogen and oxygen atoms in total. The van der Waals surface area contributed by atoms with E-state index < -0.39 is 28.1 Å². The fourth-order valence-corrected chi connectivity index (χ4v) is 3.66. The first-order chi connectivity index (χ1) is 15.1. The van der Waals surface area contributed by atoms with Gasteiger partial charge in [-0.05, 0) is 64.7 Å². The second kappa shape index (κ2) is 9.77. The number of nitro groups is 1. The van der Waals surface area contributed by atoms with E-state index in [1.807, 2.05) is 39.8 Å². The number of para-hydroxylation sites is 1. The number of nitrogens with zero attached hydrogens (tertiary/aromatic N) is 2. The summed E-state index contributed by atoms with van der Waals surface area (Å²) >= 11 is 0. The Kier molecular flexibility index (Phi) is 7.72. The molecule has 0 saturated heterocycles. The second-order valence-corrected chi connectivity index (χ2v) is 10.6. The predicted molar refractivity (Wildman–Crippen MR) is 128 cm³/mol. The maximum absolute atomic E-state index is 13.3. The number of nitro benzene ring substituents is 1. The molecule has 8 heteroatoms. The Morgan fingerprint density at radius 2 is 1.76 bits per heavy atom. The molecule has 0 aliphatic carbocycles. The van der Waals surface area contributed by atoms with Crippen LogP contribution in [0.25, 0.3) is 0 Å². The van der Waals surface area contributed by atoms with Gasteiger partial charge in [0.2, 0.25) is 0 Å². The third kappa shape index (κ3) is 7.44. The largest absolute Gasteiger partial charge is 0.482 e. The molecule has 0 bridgehead atoms. The molecule has 1 N–H and O–H groups in total. The zero-order chi connectivity index (χ0) is 25.0. The summed E-state index contributed by atoms with van der Waals surface area (Å²) in [7, 11) is 0. The van der Waals surface area contributed by atoms with E-state index in [1.165, 1.54) is 6.07 Å². The monoisotopic (exact) mass is 457 g/mol. The van der Waals surface area contributed by atoms with E-state index in [-0.39, 0.29) is 22.5 Å². The lowest BCUT2D eigenvalue weighted by Crippen LogP contribution is -2.49. The van der Waals surface area contributed by atoms with Crippen LogP contribution >= 0.6 is 0 Å². The molecular formula is C25H35N3O5. The Hall–Kier alpha value is -3.16. The minimum Gasteiger partial charge on any atom is -0.482 e. The molecule has 0 spiro atoms. The molecule has 33 heavy (non-hydrogen) atoms. The summed E-state index contributed by atoms with van der Waals surface area (Å²) in [5.41, 5.74) is -1.62. The van der Waals surface area contributed by atoms with Crippen LogP contribution < -0.4 is 10.1 Å². The van der Waals surface area contributed by atoms with Crippen molar-refractivity contribution >= 4 is 17.3 Å². The van der Waals surface area contributed by atoms with Crippen LogP contribution in [0.4, 0.5) is 11.4 Å². The summed E-state index contributed by atoms with van der Waals surface area (Å²) in [5, 5.41) is 15.0. The van der Waals surface area contributed by atoms with Crippen molar-refractivity contribution in [3.63, 3.8) is 0 Å². The Morgan fingerprint density at radius 1 is 1.09 bits per heavy atom. The maximum atomic E-state index is 13.3. The van der Waals surface area contributed by atoms with E-state index in [2.05, 4.69) is 10.3 Å². The van der Waals surface area contributed by atoms with Gasteiger partial charge >= 0.3 is 5.97 Å². The van der Waals surface area contributed by atoms with Gasteiger partial charge in [-0.3, -0.25) is 15.1 Å². The molecule has 2 aromatic rings. The number of pyridine rings is 1. The van der Waals surface area contributed by atoms with E-state index in [4.69, 9.17) is 9.47 Å². The summed E-state index contributed by atoms with van der Waals surface area (Å²) < 4.78 is 11.8. The first kappa shape index (κ1) is 26.1. The fraction of sp³-hybridized carbons (Fsp3) is 0.520. The third-order valence-electron chi connectivity index (χ3n) is 4.74. The molecule has 0 saturated carbocycles. The lowest BCUT2D eigenvalue weighted by molar-refractivity contribution is -0.384. The second-order valence-electron chi connectivity index (χ2n) is 10.6. The fourth-order valence-electron chi connectivity index (χ4n) is 3.66. The molecule has 0 aliphatic rings. The van der Waals surface area contributed by atoms with E-state index >= 15 is 0 Å². The molecule has 0 unspecified atom stereocenters. The topological polar surface area (TPSA) is 104 Å². The number of anilines is 1. The summed E-state index contributed by atoms with van der Waals surface area (Å²) in [6.45, 7) is 14.9. The molecule has 1 heterocycles. The summed E-state index contributed by atoms with van der Waals surface area (Å²) in [6.07, 6.45) is 1.56. The van der Waals surface area contributed by atoms with Crippen LogP contribution in [0.3, 0.4) is 0 Å². The molecule has 0 aliphatic heterocycles.